The number of amides is 1. The van der Waals surface area contributed by atoms with Crippen LogP contribution in [0.1, 0.15) is 55.6 Å². The number of nitrogens with one attached hydrogen (secondary N) is 1. The van der Waals surface area contributed by atoms with E-state index in [2.05, 4.69) is 5.32 Å². The van der Waals surface area contributed by atoms with Crippen molar-refractivity contribution < 1.29 is 50.0 Å². The number of aliphatic hydroxyl groups is 7. The number of nitrogens with two attached hydrogens (primary N) is 2. The Morgan fingerprint density at radius 2 is 1.02 bits per heavy atom. The zero-order valence-corrected chi connectivity index (χ0v) is 29.1. The predicted octanol–water partition coefficient (Wildman–Crippen LogP) is 2.53. The van der Waals surface area contributed by atoms with Crippen LogP contribution in [0.5, 0.6) is 11.5 Å². The van der Waals surface area contributed by atoms with E-state index in [1.165, 1.54) is 7.11 Å². The fourth-order valence-electron chi connectivity index (χ4n) is 5.29. The fraction of sp³-hybridized carbons (Fsp3) is 0.256. The molecule has 0 heterocycles. The van der Waals surface area contributed by atoms with Gasteiger partial charge in [-0.2, -0.15) is 0 Å². The third-order valence-corrected chi connectivity index (χ3v) is 8.12. The number of carbonyl (C=O) groups excluding carboxylic acids is 1. The van der Waals surface area contributed by atoms with E-state index in [1.54, 1.807) is 73.9 Å². The van der Waals surface area contributed by atoms with Gasteiger partial charge in [0, 0.05) is 0 Å². The van der Waals surface area contributed by atoms with Crippen molar-refractivity contribution in [1.82, 2.24) is 0 Å². The molecule has 1 amide bonds. The van der Waals surface area contributed by atoms with Gasteiger partial charge in [-0.3, -0.25) is 4.79 Å². The molecule has 0 aliphatic carbocycles. The maximum atomic E-state index is 12.0. The van der Waals surface area contributed by atoms with E-state index in [0.717, 1.165) is 22.3 Å². The van der Waals surface area contributed by atoms with Crippen molar-refractivity contribution in [3.8, 4) is 11.5 Å². The monoisotopic (exact) mass is 717 g/mol. The number of hydrogen-bond acceptors (Lipinski definition) is 12. The average molecular weight is 718 g/mol. The predicted molar refractivity (Wildman–Crippen MR) is 200 cm³/mol. The van der Waals surface area contributed by atoms with Gasteiger partial charge < -0.3 is 62.0 Å². The van der Waals surface area contributed by atoms with E-state index in [-0.39, 0.29) is 39.6 Å². The molecule has 278 valence electrons. The Morgan fingerprint density at radius 3 is 1.38 bits per heavy atom. The van der Waals surface area contributed by atoms with Crippen molar-refractivity contribution in [2.75, 3.05) is 31.9 Å². The van der Waals surface area contributed by atoms with Crippen molar-refractivity contribution >= 4 is 41.6 Å². The maximum Gasteiger partial charge on any atom is 0.243 e. The molecule has 4 aromatic rings. The number of methoxy groups -OCH3 is 2. The molecule has 0 spiro atoms. The first-order valence-corrected chi connectivity index (χ1v) is 16.2. The second-order valence-electron chi connectivity index (χ2n) is 11.5. The summed E-state index contributed by atoms with van der Waals surface area (Å²) in [5, 5.41) is 68.4. The maximum absolute atomic E-state index is 12.0. The van der Waals surface area contributed by atoms with Crippen molar-refractivity contribution in [1.29, 1.82) is 0 Å². The summed E-state index contributed by atoms with van der Waals surface area (Å²) >= 11 is 0. The lowest BCUT2D eigenvalue weighted by atomic mass is 9.98. The van der Waals surface area contributed by atoms with Crippen molar-refractivity contribution in [3.63, 3.8) is 0 Å². The van der Waals surface area contributed by atoms with Crippen molar-refractivity contribution in [3.05, 3.63) is 116 Å². The molecule has 52 heavy (non-hydrogen) atoms. The van der Waals surface area contributed by atoms with Crippen LogP contribution in [-0.4, -0.2) is 68.5 Å². The molecule has 0 saturated carbocycles. The summed E-state index contributed by atoms with van der Waals surface area (Å²) < 4.78 is 10.4. The topological polar surface area (TPSA) is 241 Å². The Bertz CT molecular complexity index is 1810. The quantitative estimate of drug-likeness (QED) is 0.0630. The SMILES string of the molecule is COc1ccc(/C=C\c2cc(CO)c(CO)c(CO)c2)cc1N.COc1ccc(/C=C\c2cc(CO)c(CO)c(CO)c2)cc1NC(=O)[C@@H](N)CO. The molecular weight excluding hydrogens is 670 g/mol. The molecule has 0 bridgehead atoms. The molecule has 0 aromatic heterocycles. The highest BCUT2D eigenvalue weighted by Crippen LogP contribution is 2.28. The molecule has 1 atom stereocenters. The van der Waals surface area contributed by atoms with E-state index >= 15 is 0 Å². The third-order valence-electron chi connectivity index (χ3n) is 8.12. The van der Waals surface area contributed by atoms with E-state index in [9.17, 15) is 35.4 Å². The molecule has 13 nitrogen and oxygen atoms in total. The first-order chi connectivity index (χ1) is 25.1. The molecular formula is C39H47N3O10. The van der Waals surface area contributed by atoms with Gasteiger partial charge in [-0.15, -0.1) is 0 Å². The minimum atomic E-state index is -1.04. The zero-order valence-electron chi connectivity index (χ0n) is 29.1. The average Bonchev–Trinajstić information content (AvgIpc) is 3.18. The van der Waals surface area contributed by atoms with Gasteiger partial charge in [-0.25, -0.2) is 0 Å². The van der Waals surface area contributed by atoms with E-state index in [1.807, 2.05) is 18.2 Å². The second kappa shape index (κ2) is 20.7. The van der Waals surface area contributed by atoms with E-state index < -0.39 is 18.6 Å². The highest BCUT2D eigenvalue weighted by molar-refractivity contribution is 5.96. The number of aliphatic hydroxyl groups excluding tert-OH is 7. The normalized spacial score (nSPS) is 11.7. The number of hydrogen-bond donors (Lipinski definition) is 10. The molecule has 0 saturated heterocycles. The minimum Gasteiger partial charge on any atom is -0.495 e. The number of ether oxygens (including phenoxy) is 2. The van der Waals surface area contributed by atoms with Crippen molar-refractivity contribution in [2.24, 2.45) is 5.73 Å². The van der Waals surface area contributed by atoms with Crippen LogP contribution in [-0.2, 0) is 44.4 Å². The molecule has 13 heteroatoms. The smallest absolute Gasteiger partial charge is 0.243 e. The summed E-state index contributed by atoms with van der Waals surface area (Å²) in [5.41, 5.74) is 19.0. The second-order valence-corrected chi connectivity index (χ2v) is 11.5. The molecule has 0 fully saturated rings. The molecule has 0 aliphatic heterocycles. The van der Waals surface area contributed by atoms with Crippen LogP contribution in [0, 0.1) is 0 Å². The first-order valence-electron chi connectivity index (χ1n) is 16.2. The lowest BCUT2D eigenvalue weighted by Gasteiger charge is -2.14. The van der Waals surface area contributed by atoms with Gasteiger partial charge >= 0.3 is 0 Å². The minimum absolute atomic E-state index is 0.194. The van der Waals surface area contributed by atoms with Crippen LogP contribution in [0.3, 0.4) is 0 Å². The molecule has 0 aliphatic rings. The summed E-state index contributed by atoms with van der Waals surface area (Å²) in [5.74, 6) is 0.532. The van der Waals surface area contributed by atoms with Crippen LogP contribution in [0.25, 0.3) is 24.3 Å². The summed E-state index contributed by atoms with van der Waals surface area (Å²) in [4.78, 5) is 12.0. The highest BCUT2D eigenvalue weighted by atomic mass is 16.5. The standard InChI is InChI=1S/C21H26N2O6.C18H21NO4/c1-29-20-5-4-13(8-19(20)23-21(28)18(22)12-27)2-3-14-6-15(9-24)17(11-26)16(7-14)10-25;1-23-18-5-4-12(8-17(18)19)2-3-13-6-14(9-20)16(11-22)15(7-13)10-21/h2-8,18,24-27H,9-12,22H2,1H3,(H,23,28);2-8,20-22H,9-11,19H2,1H3/b2*3-2-/t18-;/m0./s1. The van der Waals surface area contributed by atoms with Gasteiger partial charge in [0.1, 0.15) is 17.5 Å². The lowest BCUT2D eigenvalue weighted by molar-refractivity contribution is -0.118. The molecule has 0 radical (unpaired) electrons. The summed E-state index contributed by atoms with van der Waals surface area (Å²) in [6.07, 6.45) is 7.32. The highest BCUT2D eigenvalue weighted by Gasteiger charge is 2.15. The molecule has 4 rings (SSSR count). The Balaban J connectivity index is 0.000000288. The molecule has 4 aromatic carbocycles. The number of anilines is 2. The molecule has 12 N–H and O–H groups in total. The van der Waals surface area contributed by atoms with Crippen LogP contribution < -0.4 is 26.3 Å². The Hall–Kier alpha value is -5.09. The third kappa shape index (κ3) is 11.0. The Morgan fingerprint density at radius 1 is 0.615 bits per heavy atom. The zero-order chi connectivity index (χ0) is 38.2. The van der Waals surface area contributed by atoms with Gasteiger partial charge in [0.15, 0.2) is 0 Å². The van der Waals surface area contributed by atoms with Gasteiger partial charge in [0.05, 0.1) is 71.8 Å². The number of carbonyl (C=O) groups is 1. The molecule has 0 unspecified atom stereocenters. The number of rotatable bonds is 15. The van der Waals surface area contributed by atoms with E-state index in [4.69, 9.17) is 26.0 Å². The van der Waals surface area contributed by atoms with Gasteiger partial charge in [-0.05, 0) is 104 Å². The summed E-state index contributed by atoms with van der Waals surface area (Å²) in [6.45, 7) is -1.86. The summed E-state index contributed by atoms with van der Waals surface area (Å²) in [7, 11) is 3.04. The number of nitrogen functional groups attached to an aromatic ring is 1. The van der Waals surface area contributed by atoms with E-state index in [0.29, 0.717) is 56.3 Å². The largest absolute Gasteiger partial charge is 0.495 e. The van der Waals surface area contributed by atoms with Gasteiger partial charge in [-0.1, -0.05) is 36.4 Å². The van der Waals surface area contributed by atoms with Crippen LogP contribution in [0.4, 0.5) is 11.4 Å². The lowest BCUT2D eigenvalue weighted by Crippen LogP contribution is -2.38. The fourth-order valence-corrected chi connectivity index (χ4v) is 5.29. The van der Waals surface area contributed by atoms with Crippen LogP contribution in [0.2, 0.25) is 0 Å². The number of benzene rings is 4. The Labute approximate surface area is 302 Å². The Kier molecular flexibility index (Phi) is 16.4. The van der Waals surface area contributed by atoms with Crippen LogP contribution in [0.15, 0.2) is 60.7 Å². The first kappa shape index (κ1) is 41.3. The van der Waals surface area contributed by atoms with Crippen LogP contribution >= 0.6 is 0 Å². The van der Waals surface area contributed by atoms with Gasteiger partial charge in [0.25, 0.3) is 0 Å². The van der Waals surface area contributed by atoms with Crippen molar-refractivity contribution in [2.45, 2.75) is 45.7 Å². The summed E-state index contributed by atoms with van der Waals surface area (Å²) in [6, 6.07) is 16.6. The van der Waals surface area contributed by atoms with Gasteiger partial charge in [0.2, 0.25) is 5.91 Å².